The number of carbonyl (C=O) groups excluding carboxylic acids is 1. The van der Waals surface area contributed by atoms with Gasteiger partial charge in [0.2, 0.25) is 5.88 Å². The molecule has 2 aromatic heterocycles. The molecule has 0 bridgehead atoms. The summed E-state index contributed by atoms with van der Waals surface area (Å²) in [4.78, 5) is 16.9. The number of carbonyl (C=O) groups is 1. The van der Waals surface area contributed by atoms with Crippen molar-refractivity contribution < 1.29 is 18.3 Å². The van der Waals surface area contributed by atoms with Crippen LogP contribution in [-0.2, 0) is 4.79 Å². The molecule has 0 N–H and O–H groups in total. The fraction of sp³-hybridized carbons (Fsp3) is 0.296. The number of ketones is 1. The Labute approximate surface area is 196 Å². The van der Waals surface area contributed by atoms with Crippen LogP contribution >= 0.6 is 0 Å². The second-order valence-electron chi connectivity index (χ2n) is 8.73. The van der Waals surface area contributed by atoms with E-state index in [9.17, 15) is 13.6 Å². The molecular weight excluding hydrogens is 436 g/mol. The Hall–Kier alpha value is -3.61. The van der Waals surface area contributed by atoms with Crippen LogP contribution in [0.3, 0.4) is 0 Å². The van der Waals surface area contributed by atoms with Crippen LogP contribution in [0.15, 0.2) is 60.8 Å². The minimum atomic E-state index is -0.924. The maximum absolute atomic E-state index is 14.1. The van der Waals surface area contributed by atoms with Gasteiger partial charge in [-0.1, -0.05) is 49.2 Å². The first-order chi connectivity index (χ1) is 16.5. The molecular formula is C27H25F2N3O2. The molecule has 0 aliphatic heterocycles. The lowest BCUT2D eigenvalue weighted by atomic mass is 9.90. The predicted octanol–water partition coefficient (Wildman–Crippen LogP) is 6.43. The summed E-state index contributed by atoms with van der Waals surface area (Å²) in [6.07, 6.45) is 5.73. The normalized spacial score (nSPS) is 17.5. The van der Waals surface area contributed by atoms with E-state index in [0.29, 0.717) is 17.9 Å². The van der Waals surface area contributed by atoms with Crippen LogP contribution in [0.25, 0.3) is 16.9 Å². The van der Waals surface area contributed by atoms with E-state index < -0.39 is 17.7 Å². The van der Waals surface area contributed by atoms with Gasteiger partial charge in [0.1, 0.15) is 11.9 Å². The quantitative estimate of drug-likeness (QED) is 0.321. The zero-order valence-electron chi connectivity index (χ0n) is 18.9. The molecule has 4 aromatic rings. The highest BCUT2D eigenvalue weighted by molar-refractivity contribution is 5.86. The standard InChI is InChI=1S/C27H25F2N3O2/c1-17(20-7-5-8-22(28)27(20)29)34-26-15-14-25-30-16-23(32(25)31-26)19-12-10-18(11-13-19)21-6-3-2-4-9-24(21)33/h5,7-8,10-17,21H,2-4,6,9H2,1H3. The molecule has 7 heteroatoms. The largest absolute Gasteiger partial charge is 0.469 e. The summed E-state index contributed by atoms with van der Waals surface area (Å²) >= 11 is 0. The molecule has 1 aliphatic rings. The van der Waals surface area contributed by atoms with E-state index in [0.717, 1.165) is 48.6 Å². The first kappa shape index (κ1) is 22.2. The topological polar surface area (TPSA) is 56.5 Å². The van der Waals surface area contributed by atoms with Crippen molar-refractivity contribution in [1.29, 1.82) is 0 Å². The van der Waals surface area contributed by atoms with Crippen LogP contribution < -0.4 is 4.74 Å². The van der Waals surface area contributed by atoms with Crippen molar-refractivity contribution in [2.24, 2.45) is 0 Å². The van der Waals surface area contributed by atoms with E-state index in [2.05, 4.69) is 10.1 Å². The highest BCUT2D eigenvalue weighted by atomic mass is 19.2. The third kappa shape index (κ3) is 4.30. The fourth-order valence-electron chi connectivity index (χ4n) is 4.59. The Bertz CT molecular complexity index is 1330. The van der Waals surface area contributed by atoms with Gasteiger partial charge >= 0.3 is 0 Å². The van der Waals surface area contributed by atoms with Gasteiger partial charge in [0.05, 0.1) is 11.9 Å². The number of aromatic nitrogens is 3. The molecule has 5 nitrogen and oxygen atoms in total. The third-order valence-electron chi connectivity index (χ3n) is 6.47. The third-order valence-corrected chi connectivity index (χ3v) is 6.47. The van der Waals surface area contributed by atoms with Gasteiger partial charge < -0.3 is 4.74 Å². The van der Waals surface area contributed by atoms with Gasteiger partial charge in [-0.15, -0.1) is 5.10 Å². The van der Waals surface area contributed by atoms with Crippen molar-refractivity contribution in [1.82, 2.24) is 14.6 Å². The van der Waals surface area contributed by atoms with Gasteiger partial charge in [-0.3, -0.25) is 4.79 Å². The van der Waals surface area contributed by atoms with E-state index in [1.807, 2.05) is 24.3 Å². The molecule has 0 radical (unpaired) electrons. The molecule has 0 saturated heterocycles. The van der Waals surface area contributed by atoms with Crippen molar-refractivity contribution >= 4 is 11.4 Å². The van der Waals surface area contributed by atoms with E-state index in [4.69, 9.17) is 4.74 Å². The summed E-state index contributed by atoms with van der Waals surface area (Å²) in [5.41, 5.74) is 3.48. The van der Waals surface area contributed by atoms with Crippen LogP contribution in [0.1, 0.15) is 62.2 Å². The molecule has 1 fully saturated rings. The molecule has 0 amide bonds. The minimum Gasteiger partial charge on any atom is -0.469 e. The van der Waals surface area contributed by atoms with Crippen LogP contribution in [0.5, 0.6) is 5.88 Å². The molecule has 34 heavy (non-hydrogen) atoms. The van der Waals surface area contributed by atoms with E-state index in [1.54, 1.807) is 29.8 Å². The lowest BCUT2D eigenvalue weighted by molar-refractivity contribution is -0.120. The molecule has 2 unspecified atom stereocenters. The molecule has 1 aliphatic carbocycles. The molecule has 174 valence electrons. The van der Waals surface area contributed by atoms with Gasteiger partial charge in [0.25, 0.3) is 0 Å². The van der Waals surface area contributed by atoms with Crippen molar-refractivity contribution in [2.45, 2.75) is 51.0 Å². The van der Waals surface area contributed by atoms with Gasteiger partial charge in [-0.25, -0.2) is 18.3 Å². The fourth-order valence-corrected chi connectivity index (χ4v) is 4.59. The number of imidazole rings is 1. The Balaban J connectivity index is 1.41. The smallest absolute Gasteiger partial charge is 0.232 e. The van der Waals surface area contributed by atoms with Crippen molar-refractivity contribution in [3.63, 3.8) is 0 Å². The molecule has 2 heterocycles. The molecule has 2 aromatic carbocycles. The highest BCUT2D eigenvalue weighted by Gasteiger charge is 2.22. The average molecular weight is 462 g/mol. The first-order valence-electron chi connectivity index (χ1n) is 11.6. The summed E-state index contributed by atoms with van der Waals surface area (Å²) in [6, 6.07) is 15.4. The lowest BCUT2D eigenvalue weighted by Crippen LogP contribution is -2.10. The molecule has 0 spiro atoms. The maximum atomic E-state index is 14.1. The Kier molecular flexibility index (Phi) is 6.09. The number of ether oxygens (including phenoxy) is 1. The number of rotatable bonds is 5. The SMILES string of the molecule is CC(Oc1ccc2ncc(-c3ccc(C4CCCCCC4=O)cc3)n2n1)c1cccc(F)c1F. The molecule has 1 saturated carbocycles. The van der Waals surface area contributed by atoms with Gasteiger partial charge in [0, 0.05) is 29.5 Å². The number of benzene rings is 2. The number of nitrogens with zero attached hydrogens (tertiary/aromatic N) is 3. The van der Waals surface area contributed by atoms with Crippen LogP contribution in [0.2, 0.25) is 0 Å². The second-order valence-corrected chi connectivity index (χ2v) is 8.73. The zero-order chi connectivity index (χ0) is 23.7. The van der Waals surface area contributed by atoms with E-state index in [-0.39, 0.29) is 17.4 Å². The Morgan fingerprint density at radius 2 is 1.85 bits per heavy atom. The maximum Gasteiger partial charge on any atom is 0.232 e. The number of Topliss-reactive ketones (excluding diaryl/α,β-unsaturated/α-hetero) is 1. The Morgan fingerprint density at radius 3 is 2.68 bits per heavy atom. The predicted molar refractivity (Wildman–Crippen MR) is 125 cm³/mol. The van der Waals surface area contributed by atoms with E-state index in [1.165, 1.54) is 12.1 Å². The lowest BCUT2D eigenvalue weighted by Gasteiger charge is -2.15. The Morgan fingerprint density at radius 1 is 1.03 bits per heavy atom. The molecule has 2 atom stereocenters. The van der Waals surface area contributed by atoms with Gasteiger partial charge in [-0.2, -0.15) is 0 Å². The van der Waals surface area contributed by atoms with Gasteiger partial charge in [0.15, 0.2) is 17.3 Å². The van der Waals surface area contributed by atoms with Crippen LogP contribution in [-0.4, -0.2) is 20.4 Å². The second kappa shape index (κ2) is 9.33. The monoisotopic (exact) mass is 461 g/mol. The van der Waals surface area contributed by atoms with Crippen LogP contribution in [0.4, 0.5) is 8.78 Å². The number of halogens is 2. The minimum absolute atomic E-state index is 0.0263. The summed E-state index contributed by atoms with van der Waals surface area (Å²) in [5, 5.41) is 4.53. The van der Waals surface area contributed by atoms with Crippen molar-refractivity contribution in [3.8, 4) is 17.1 Å². The summed E-state index contributed by atoms with van der Waals surface area (Å²) in [7, 11) is 0. The summed E-state index contributed by atoms with van der Waals surface area (Å²) in [5.74, 6) is -1.27. The zero-order valence-corrected chi connectivity index (χ0v) is 18.9. The molecule has 5 rings (SSSR count). The number of hydrogen-bond donors (Lipinski definition) is 0. The summed E-state index contributed by atoms with van der Waals surface area (Å²) in [6.45, 7) is 1.64. The van der Waals surface area contributed by atoms with E-state index >= 15 is 0 Å². The number of fused-ring (bicyclic) bond motifs is 1. The summed E-state index contributed by atoms with van der Waals surface area (Å²) < 4.78 is 35.2. The average Bonchev–Trinajstić information content (AvgIpc) is 3.14. The van der Waals surface area contributed by atoms with Crippen LogP contribution in [0, 0.1) is 11.6 Å². The van der Waals surface area contributed by atoms with Crippen molar-refractivity contribution in [3.05, 3.63) is 83.6 Å². The first-order valence-corrected chi connectivity index (χ1v) is 11.6. The highest BCUT2D eigenvalue weighted by Crippen LogP contribution is 2.31. The van der Waals surface area contributed by atoms with Gasteiger partial charge in [-0.05, 0) is 37.5 Å². The van der Waals surface area contributed by atoms with Crippen molar-refractivity contribution in [2.75, 3.05) is 0 Å². The number of hydrogen-bond acceptors (Lipinski definition) is 4.